The summed E-state index contributed by atoms with van der Waals surface area (Å²) in [6.07, 6.45) is 0.0324. The van der Waals surface area contributed by atoms with Gasteiger partial charge < -0.3 is 19.7 Å². The molecule has 170 valence electrons. The van der Waals surface area contributed by atoms with Crippen molar-refractivity contribution in [3.63, 3.8) is 0 Å². The molecule has 1 aromatic carbocycles. The van der Waals surface area contributed by atoms with Gasteiger partial charge in [-0.25, -0.2) is 13.4 Å². The van der Waals surface area contributed by atoms with E-state index in [0.29, 0.717) is 39.3 Å². The van der Waals surface area contributed by atoms with E-state index in [1.165, 1.54) is 0 Å². The number of benzene rings is 1. The van der Waals surface area contributed by atoms with Gasteiger partial charge in [-0.3, -0.25) is 0 Å². The third-order valence-corrected chi connectivity index (χ3v) is 6.71. The van der Waals surface area contributed by atoms with Crippen molar-refractivity contribution >= 4 is 16.0 Å². The number of guanidine groups is 1. The zero-order chi connectivity index (χ0) is 22.0. The number of piperazine rings is 1. The van der Waals surface area contributed by atoms with Gasteiger partial charge in [-0.05, 0) is 31.9 Å². The van der Waals surface area contributed by atoms with Crippen LogP contribution in [-0.4, -0.2) is 81.9 Å². The normalized spacial score (nSPS) is 16.3. The maximum atomic E-state index is 12.5. The second-order valence-corrected chi connectivity index (χ2v) is 9.58. The maximum Gasteiger partial charge on any atom is 0.216 e. The molecule has 1 fully saturated rings. The van der Waals surface area contributed by atoms with Crippen molar-refractivity contribution in [3.8, 4) is 0 Å². The van der Waals surface area contributed by atoms with Crippen molar-refractivity contribution in [2.75, 3.05) is 52.2 Å². The monoisotopic (exact) mass is 440 g/mol. The summed E-state index contributed by atoms with van der Waals surface area (Å²) in [7, 11) is -1.61. The van der Waals surface area contributed by atoms with Crippen LogP contribution in [0.2, 0.25) is 0 Å². The van der Waals surface area contributed by atoms with Crippen molar-refractivity contribution < 1.29 is 17.9 Å². The van der Waals surface area contributed by atoms with Gasteiger partial charge in [0.05, 0.1) is 31.6 Å². The fraction of sp³-hybridized carbons (Fsp3) is 0.667. The minimum atomic E-state index is -3.30. The Kier molecular flexibility index (Phi) is 10.0. The average molecular weight is 441 g/mol. The Morgan fingerprint density at radius 1 is 1.17 bits per heavy atom. The minimum absolute atomic E-state index is 0.0234. The number of nitrogens with zero attached hydrogens (tertiary/aromatic N) is 3. The predicted molar refractivity (Wildman–Crippen MR) is 120 cm³/mol. The van der Waals surface area contributed by atoms with Gasteiger partial charge in [0.25, 0.3) is 0 Å². The van der Waals surface area contributed by atoms with E-state index in [-0.39, 0.29) is 18.5 Å². The van der Waals surface area contributed by atoms with Gasteiger partial charge in [0.2, 0.25) is 10.0 Å². The first-order valence-corrected chi connectivity index (χ1v) is 12.2. The van der Waals surface area contributed by atoms with Gasteiger partial charge in [0, 0.05) is 39.8 Å². The summed E-state index contributed by atoms with van der Waals surface area (Å²) in [6.45, 7) is 10.0. The quantitative estimate of drug-likeness (QED) is 0.440. The molecule has 0 saturated carbocycles. The number of methoxy groups -OCH3 is 1. The summed E-state index contributed by atoms with van der Waals surface area (Å²) < 4.78 is 37.3. The summed E-state index contributed by atoms with van der Waals surface area (Å²) in [5.74, 6) is 0.834. The van der Waals surface area contributed by atoms with Gasteiger partial charge >= 0.3 is 0 Å². The van der Waals surface area contributed by atoms with E-state index in [0.717, 1.165) is 23.6 Å². The summed E-state index contributed by atoms with van der Waals surface area (Å²) in [5, 5.41) is 3.33. The first kappa shape index (κ1) is 24.6. The lowest BCUT2D eigenvalue weighted by Gasteiger charge is -2.36. The number of aliphatic imine (C=N–C) groups is 1. The van der Waals surface area contributed by atoms with E-state index >= 15 is 0 Å². The van der Waals surface area contributed by atoms with Crippen molar-refractivity contribution in [3.05, 3.63) is 35.4 Å². The lowest BCUT2D eigenvalue weighted by atomic mass is 10.1. The van der Waals surface area contributed by atoms with Crippen LogP contribution < -0.4 is 5.32 Å². The Morgan fingerprint density at radius 3 is 2.43 bits per heavy atom. The first-order valence-electron chi connectivity index (χ1n) is 10.6. The second-order valence-electron chi connectivity index (χ2n) is 7.49. The van der Waals surface area contributed by atoms with Gasteiger partial charge in [-0.15, -0.1) is 0 Å². The van der Waals surface area contributed by atoms with E-state index in [4.69, 9.17) is 14.5 Å². The molecule has 1 aliphatic heterocycles. The predicted octanol–water partition coefficient (Wildman–Crippen LogP) is 1.67. The fourth-order valence-electron chi connectivity index (χ4n) is 3.29. The number of hydrogen-bond acceptors (Lipinski definition) is 5. The number of hydrogen-bond donors (Lipinski definition) is 1. The molecular weight excluding hydrogens is 404 g/mol. The number of ether oxygens (including phenoxy) is 2. The van der Waals surface area contributed by atoms with Crippen LogP contribution >= 0.6 is 0 Å². The molecule has 0 aromatic heterocycles. The van der Waals surface area contributed by atoms with Crippen LogP contribution in [0.5, 0.6) is 0 Å². The largest absolute Gasteiger partial charge is 0.380 e. The molecule has 8 nitrogen and oxygen atoms in total. The van der Waals surface area contributed by atoms with E-state index in [2.05, 4.69) is 16.3 Å². The molecule has 1 aromatic rings. The zero-order valence-electron chi connectivity index (χ0n) is 18.6. The second kappa shape index (κ2) is 12.2. The number of rotatable bonds is 10. The van der Waals surface area contributed by atoms with Gasteiger partial charge in [0.15, 0.2) is 5.96 Å². The van der Waals surface area contributed by atoms with Gasteiger partial charge in [0.1, 0.15) is 0 Å². The SMILES string of the molecule is CCNC(=NCc1ccccc1COC)N1CCN(S(=O)(=O)CCOC(C)C)CC1. The molecule has 0 spiro atoms. The highest BCUT2D eigenvalue weighted by atomic mass is 32.2. The molecule has 0 radical (unpaired) electrons. The molecule has 1 heterocycles. The summed E-state index contributed by atoms with van der Waals surface area (Å²) >= 11 is 0. The molecular formula is C21H36N4O4S. The molecule has 9 heteroatoms. The zero-order valence-corrected chi connectivity index (χ0v) is 19.5. The van der Waals surface area contributed by atoms with Gasteiger partial charge in [-0.1, -0.05) is 24.3 Å². The molecule has 0 bridgehead atoms. The van der Waals surface area contributed by atoms with Crippen LogP contribution in [0.4, 0.5) is 0 Å². The summed E-state index contributed by atoms with van der Waals surface area (Å²) in [4.78, 5) is 6.92. The van der Waals surface area contributed by atoms with Crippen molar-refractivity contribution in [1.82, 2.24) is 14.5 Å². The highest BCUT2D eigenvalue weighted by Gasteiger charge is 2.28. The Bertz CT molecular complexity index is 775. The molecule has 0 aliphatic carbocycles. The fourth-order valence-corrected chi connectivity index (χ4v) is 4.57. The third-order valence-electron chi connectivity index (χ3n) is 4.88. The van der Waals surface area contributed by atoms with Crippen LogP contribution in [0.25, 0.3) is 0 Å². The molecule has 2 rings (SSSR count). The standard InChI is InChI=1S/C21H36N4O4S/c1-5-22-21(23-16-19-8-6-7-9-20(19)17-28-4)24-10-12-25(13-11-24)30(26,27)15-14-29-18(2)3/h6-9,18H,5,10-17H2,1-4H3,(H,22,23). The minimum Gasteiger partial charge on any atom is -0.380 e. The van der Waals surface area contributed by atoms with E-state index < -0.39 is 10.0 Å². The Balaban J connectivity index is 1.98. The smallest absolute Gasteiger partial charge is 0.216 e. The first-order chi connectivity index (χ1) is 14.4. The molecule has 1 aliphatic rings. The van der Waals surface area contributed by atoms with Gasteiger partial charge in [-0.2, -0.15) is 4.31 Å². The number of sulfonamides is 1. The number of nitrogens with one attached hydrogen (secondary N) is 1. The molecule has 1 saturated heterocycles. The van der Waals surface area contributed by atoms with E-state index in [9.17, 15) is 8.42 Å². The maximum absolute atomic E-state index is 12.5. The molecule has 1 N–H and O–H groups in total. The van der Waals surface area contributed by atoms with Crippen molar-refractivity contribution in [2.24, 2.45) is 4.99 Å². The topological polar surface area (TPSA) is 83.5 Å². The molecule has 0 amide bonds. The molecule has 30 heavy (non-hydrogen) atoms. The Morgan fingerprint density at radius 2 is 1.83 bits per heavy atom. The van der Waals surface area contributed by atoms with Crippen LogP contribution in [0.3, 0.4) is 0 Å². The highest BCUT2D eigenvalue weighted by Crippen LogP contribution is 2.13. The van der Waals surface area contributed by atoms with Crippen LogP contribution in [0.1, 0.15) is 31.9 Å². The van der Waals surface area contributed by atoms with Crippen LogP contribution in [0, 0.1) is 0 Å². The van der Waals surface area contributed by atoms with Crippen molar-refractivity contribution in [1.29, 1.82) is 0 Å². The van der Waals surface area contributed by atoms with E-state index in [1.54, 1.807) is 11.4 Å². The Labute approximate surface area is 181 Å². The molecule has 0 atom stereocenters. The van der Waals surface area contributed by atoms with E-state index in [1.807, 2.05) is 39.0 Å². The van der Waals surface area contributed by atoms with Crippen LogP contribution in [0.15, 0.2) is 29.3 Å². The van der Waals surface area contributed by atoms with Crippen molar-refractivity contribution in [2.45, 2.75) is 40.0 Å². The summed E-state index contributed by atoms with van der Waals surface area (Å²) in [6, 6.07) is 8.11. The average Bonchev–Trinajstić information content (AvgIpc) is 2.72. The Hall–Kier alpha value is -1.68. The molecule has 0 unspecified atom stereocenters. The lowest BCUT2D eigenvalue weighted by molar-refractivity contribution is 0.0904. The third kappa shape index (κ3) is 7.54. The van der Waals surface area contributed by atoms with Crippen LogP contribution in [-0.2, 0) is 32.6 Å². The highest BCUT2D eigenvalue weighted by molar-refractivity contribution is 7.89. The summed E-state index contributed by atoms with van der Waals surface area (Å²) in [5.41, 5.74) is 2.25. The lowest BCUT2D eigenvalue weighted by Crippen LogP contribution is -2.54.